The van der Waals surface area contributed by atoms with Gasteiger partial charge in [0, 0.05) is 13.1 Å². The second-order valence-electron chi connectivity index (χ2n) is 3.84. The number of morpholine rings is 1. The normalized spacial score (nSPS) is 26.6. The molecule has 1 heterocycles. The van der Waals surface area contributed by atoms with Crippen LogP contribution in [0.1, 0.15) is 5.56 Å². The van der Waals surface area contributed by atoms with Crippen molar-refractivity contribution in [3.8, 4) is 0 Å². The maximum absolute atomic E-state index is 10.9. The highest BCUT2D eigenvalue weighted by Gasteiger charge is 2.30. The zero-order chi connectivity index (χ0) is 11.4. The molecule has 1 aliphatic rings. The smallest absolute Gasteiger partial charge is 0.177 e. The van der Waals surface area contributed by atoms with Crippen molar-refractivity contribution in [2.75, 3.05) is 13.2 Å². The highest BCUT2D eigenvalue weighted by Crippen LogP contribution is 2.14. The van der Waals surface area contributed by atoms with E-state index in [4.69, 9.17) is 4.74 Å². The summed E-state index contributed by atoms with van der Waals surface area (Å²) in [6.45, 7) is 1.78. The first-order chi connectivity index (χ1) is 7.81. The quantitative estimate of drug-likeness (QED) is 0.751. The molecular formula is C12H15NO3. The lowest BCUT2D eigenvalue weighted by Gasteiger charge is -2.35. The minimum absolute atomic E-state index is 0.457. The summed E-state index contributed by atoms with van der Waals surface area (Å²) in [6.07, 6.45) is -0.262. The Morgan fingerprint density at radius 1 is 1.44 bits per heavy atom. The van der Waals surface area contributed by atoms with Gasteiger partial charge in [-0.15, -0.1) is 0 Å². The lowest BCUT2D eigenvalue weighted by Crippen LogP contribution is -2.51. The number of nitrogens with zero attached hydrogens (tertiary/aromatic N) is 1. The molecule has 0 radical (unpaired) electrons. The zero-order valence-corrected chi connectivity index (χ0v) is 8.95. The molecule has 16 heavy (non-hydrogen) atoms. The molecule has 1 aliphatic heterocycles. The summed E-state index contributed by atoms with van der Waals surface area (Å²) in [7, 11) is 0. The number of rotatable bonds is 3. The van der Waals surface area contributed by atoms with Gasteiger partial charge >= 0.3 is 0 Å². The maximum atomic E-state index is 10.9. The summed E-state index contributed by atoms with van der Waals surface area (Å²) in [6, 6.07) is 9.32. The number of aliphatic hydroxyl groups excluding tert-OH is 1. The molecule has 86 valence electrons. The van der Waals surface area contributed by atoms with Crippen LogP contribution in [-0.2, 0) is 16.1 Å². The summed E-state index contributed by atoms with van der Waals surface area (Å²) in [4.78, 5) is 12.8. The van der Waals surface area contributed by atoms with E-state index >= 15 is 0 Å². The zero-order valence-electron chi connectivity index (χ0n) is 8.95. The van der Waals surface area contributed by atoms with Crippen LogP contribution in [0.2, 0.25) is 0 Å². The van der Waals surface area contributed by atoms with Crippen LogP contribution < -0.4 is 0 Å². The van der Waals surface area contributed by atoms with Crippen LogP contribution in [0.15, 0.2) is 30.3 Å². The molecule has 0 aliphatic carbocycles. The van der Waals surface area contributed by atoms with Crippen molar-refractivity contribution >= 4 is 6.29 Å². The monoisotopic (exact) mass is 221 g/mol. The van der Waals surface area contributed by atoms with Crippen LogP contribution in [0.25, 0.3) is 0 Å². The Balaban J connectivity index is 2.05. The van der Waals surface area contributed by atoms with Crippen molar-refractivity contribution in [3.05, 3.63) is 35.9 Å². The number of carbonyl (C=O) groups excluding carboxylic acids is 1. The number of benzene rings is 1. The van der Waals surface area contributed by atoms with Gasteiger partial charge in [-0.2, -0.15) is 0 Å². The van der Waals surface area contributed by atoms with Gasteiger partial charge in [0.05, 0.1) is 6.61 Å². The van der Waals surface area contributed by atoms with E-state index in [0.29, 0.717) is 19.7 Å². The molecule has 1 N–H and O–H groups in total. The van der Waals surface area contributed by atoms with E-state index in [1.54, 1.807) is 0 Å². The molecule has 0 amide bonds. The Hall–Kier alpha value is -1.23. The van der Waals surface area contributed by atoms with E-state index in [0.717, 1.165) is 11.8 Å². The summed E-state index contributed by atoms with van der Waals surface area (Å²) in [5.41, 5.74) is 1.13. The largest absolute Gasteiger partial charge is 0.366 e. The molecule has 0 saturated carbocycles. The number of carbonyl (C=O) groups is 1. The molecule has 0 bridgehead atoms. The molecule has 1 fully saturated rings. The molecule has 1 aromatic rings. The van der Waals surface area contributed by atoms with E-state index in [1.165, 1.54) is 0 Å². The third-order valence-corrected chi connectivity index (χ3v) is 2.75. The first kappa shape index (κ1) is 11.3. The predicted octanol–water partition coefficient (Wildman–Crippen LogP) is 0.405. The van der Waals surface area contributed by atoms with Crippen molar-refractivity contribution < 1.29 is 14.6 Å². The molecule has 4 nitrogen and oxygen atoms in total. The summed E-state index contributed by atoms with van der Waals surface area (Å²) >= 11 is 0. The van der Waals surface area contributed by atoms with E-state index in [-0.39, 0.29) is 0 Å². The van der Waals surface area contributed by atoms with E-state index in [2.05, 4.69) is 0 Å². The SMILES string of the molecule is O=CC1[C@H](O)OCCN1Cc1ccccc1. The Labute approximate surface area is 94.4 Å². The van der Waals surface area contributed by atoms with Crippen molar-refractivity contribution in [2.45, 2.75) is 18.9 Å². The lowest BCUT2D eigenvalue weighted by atomic mass is 10.1. The van der Waals surface area contributed by atoms with Gasteiger partial charge in [-0.25, -0.2) is 0 Å². The number of aliphatic hydroxyl groups is 1. The van der Waals surface area contributed by atoms with Gasteiger partial charge in [0.25, 0.3) is 0 Å². The van der Waals surface area contributed by atoms with E-state index in [1.807, 2.05) is 35.2 Å². The molecule has 0 aromatic heterocycles. The van der Waals surface area contributed by atoms with Crippen LogP contribution >= 0.6 is 0 Å². The van der Waals surface area contributed by atoms with E-state index < -0.39 is 12.3 Å². The highest BCUT2D eigenvalue weighted by atomic mass is 16.6. The Morgan fingerprint density at radius 2 is 2.19 bits per heavy atom. The first-order valence-corrected chi connectivity index (χ1v) is 5.34. The molecule has 1 unspecified atom stereocenters. The minimum atomic E-state index is -1.00. The molecule has 1 aromatic carbocycles. The highest BCUT2D eigenvalue weighted by molar-refractivity contribution is 5.58. The number of hydrogen-bond acceptors (Lipinski definition) is 4. The van der Waals surface area contributed by atoms with Crippen molar-refractivity contribution in [3.63, 3.8) is 0 Å². The van der Waals surface area contributed by atoms with Gasteiger partial charge in [0.15, 0.2) is 6.29 Å². The molecular weight excluding hydrogens is 206 g/mol. The second-order valence-corrected chi connectivity index (χ2v) is 3.84. The third kappa shape index (κ3) is 2.47. The van der Waals surface area contributed by atoms with Crippen LogP contribution in [0.5, 0.6) is 0 Å². The Bertz CT molecular complexity index is 341. The minimum Gasteiger partial charge on any atom is -0.366 e. The first-order valence-electron chi connectivity index (χ1n) is 5.34. The fourth-order valence-electron chi connectivity index (χ4n) is 1.87. The van der Waals surface area contributed by atoms with Crippen LogP contribution in [0.3, 0.4) is 0 Å². The number of aldehydes is 1. The lowest BCUT2D eigenvalue weighted by molar-refractivity contribution is -0.180. The van der Waals surface area contributed by atoms with Crippen molar-refractivity contribution in [2.24, 2.45) is 0 Å². The van der Waals surface area contributed by atoms with E-state index in [9.17, 15) is 9.90 Å². The Morgan fingerprint density at radius 3 is 2.88 bits per heavy atom. The molecule has 0 spiro atoms. The third-order valence-electron chi connectivity index (χ3n) is 2.75. The molecule has 2 rings (SSSR count). The van der Waals surface area contributed by atoms with Gasteiger partial charge in [0.1, 0.15) is 12.3 Å². The van der Waals surface area contributed by atoms with Gasteiger partial charge in [-0.3, -0.25) is 4.90 Å². The van der Waals surface area contributed by atoms with Gasteiger partial charge in [0.2, 0.25) is 0 Å². The summed E-state index contributed by atoms with van der Waals surface area (Å²) < 4.78 is 5.03. The molecule has 2 atom stereocenters. The predicted molar refractivity (Wildman–Crippen MR) is 58.7 cm³/mol. The van der Waals surface area contributed by atoms with Gasteiger partial charge in [-0.1, -0.05) is 30.3 Å². The topological polar surface area (TPSA) is 49.8 Å². The summed E-state index contributed by atoms with van der Waals surface area (Å²) in [5, 5.41) is 9.52. The maximum Gasteiger partial charge on any atom is 0.177 e. The van der Waals surface area contributed by atoms with Gasteiger partial charge < -0.3 is 14.6 Å². The Kier molecular flexibility index (Phi) is 3.66. The number of hydrogen-bond donors (Lipinski definition) is 1. The standard InChI is InChI=1S/C12H15NO3/c14-9-11-12(15)16-7-6-13(11)8-10-4-2-1-3-5-10/h1-5,9,11-12,15H,6-8H2/t11?,12-/m1/s1. The fraction of sp³-hybridized carbons (Fsp3) is 0.417. The number of ether oxygens (including phenoxy) is 1. The second kappa shape index (κ2) is 5.21. The fourth-order valence-corrected chi connectivity index (χ4v) is 1.87. The van der Waals surface area contributed by atoms with Crippen LogP contribution in [0, 0.1) is 0 Å². The average Bonchev–Trinajstić information content (AvgIpc) is 2.31. The molecule has 1 saturated heterocycles. The van der Waals surface area contributed by atoms with Crippen LogP contribution in [0.4, 0.5) is 0 Å². The van der Waals surface area contributed by atoms with Crippen molar-refractivity contribution in [1.82, 2.24) is 4.90 Å². The average molecular weight is 221 g/mol. The molecule has 4 heteroatoms. The van der Waals surface area contributed by atoms with Crippen LogP contribution in [-0.4, -0.2) is 41.8 Å². The van der Waals surface area contributed by atoms with Crippen molar-refractivity contribution in [1.29, 1.82) is 0 Å². The van der Waals surface area contributed by atoms with Gasteiger partial charge in [-0.05, 0) is 5.56 Å². The summed E-state index contributed by atoms with van der Waals surface area (Å²) in [5.74, 6) is 0.